The molecule has 0 bridgehead atoms. The van der Waals surface area contributed by atoms with Gasteiger partial charge in [0.2, 0.25) is 5.91 Å². The molecule has 0 spiro atoms. The summed E-state index contributed by atoms with van der Waals surface area (Å²) in [5.74, 6) is -0.527. The van der Waals surface area contributed by atoms with Crippen molar-refractivity contribution in [3.05, 3.63) is 48.6 Å². The van der Waals surface area contributed by atoms with E-state index in [1.807, 2.05) is 0 Å². The van der Waals surface area contributed by atoms with Crippen molar-refractivity contribution in [1.29, 1.82) is 0 Å². The van der Waals surface area contributed by atoms with Gasteiger partial charge in [0.15, 0.2) is 0 Å². The molecule has 0 fully saturated rings. The van der Waals surface area contributed by atoms with Gasteiger partial charge in [0.05, 0.1) is 25.2 Å². The summed E-state index contributed by atoms with van der Waals surface area (Å²) in [6.45, 7) is 6.33. The van der Waals surface area contributed by atoms with Gasteiger partial charge in [0, 0.05) is 6.42 Å². The van der Waals surface area contributed by atoms with Gasteiger partial charge in [0.1, 0.15) is 6.10 Å². The topological polar surface area (TPSA) is 95.9 Å². The van der Waals surface area contributed by atoms with Crippen molar-refractivity contribution in [2.24, 2.45) is 0 Å². The predicted molar refractivity (Wildman–Crippen MR) is 245 cm³/mol. The highest BCUT2D eigenvalue weighted by molar-refractivity contribution is 5.77. The average molecular weight is 800 g/mol. The van der Waals surface area contributed by atoms with E-state index in [-0.39, 0.29) is 24.9 Å². The van der Waals surface area contributed by atoms with Gasteiger partial charge in [-0.3, -0.25) is 9.59 Å². The van der Waals surface area contributed by atoms with Crippen molar-refractivity contribution in [2.75, 3.05) is 6.61 Å². The molecule has 57 heavy (non-hydrogen) atoms. The fourth-order valence-electron chi connectivity index (χ4n) is 7.25. The fraction of sp³-hybridized carbons (Fsp3) is 0.804. The maximum atomic E-state index is 13.1. The Morgan fingerprint density at radius 3 is 1.40 bits per heavy atom. The Morgan fingerprint density at radius 1 is 0.526 bits per heavy atom. The molecule has 0 heterocycles. The zero-order chi connectivity index (χ0) is 41.7. The van der Waals surface area contributed by atoms with Gasteiger partial charge >= 0.3 is 5.97 Å². The second-order valence-electron chi connectivity index (χ2n) is 16.5. The van der Waals surface area contributed by atoms with Crippen LogP contribution in [0.2, 0.25) is 0 Å². The van der Waals surface area contributed by atoms with Crippen LogP contribution in [-0.2, 0) is 14.3 Å². The molecule has 0 aliphatic heterocycles. The third-order valence-corrected chi connectivity index (χ3v) is 10.9. The van der Waals surface area contributed by atoms with Crippen LogP contribution in [0.4, 0.5) is 0 Å². The lowest BCUT2D eigenvalue weighted by molar-refractivity contribution is -0.151. The van der Waals surface area contributed by atoms with Gasteiger partial charge in [-0.15, -0.1) is 0 Å². The number of esters is 1. The molecule has 0 aromatic carbocycles. The number of hydrogen-bond acceptors (Lipinski definition) is 5. The van der Waals surface area contributed by atoms with Crippen LogP contribution >= 0.6 is 0 Å². The first-order valence-electron chi connectivity index (χ1n) is 24.4. The van der Waals surface area contributed by atoms with E-state index in [1.165, 1.54) is 116 Å². The number of unbranched alkanes of at least 4 members (excludes halogenated alkanes) is 23. The minimum Gasteiger partial charge on any atom is -0.462 e. The minimum atomic E-state index is -0.799. The summed E-state index contributed by atoms with van der Waals surface area (Å²) in [5.41, 5.74) is 0. The lowest BCUT2D eigenvalue weighted by Crippen LogP contribution is -2.46. The molecule has 6 nitrogen and oxygen atoms in total. The van der Waals surface area contributed by atoms with Gasteiger partial charge in [-0.1, -0.05) is 217 Å². The Morgan fingerprint density at radius 2 is 0.947 bits per heavy atom. The van der Waals surface area contributed by atoms with E-state index >= 15 is 0 Å². The maximum absolute atomic E-state index is 13.1. The Hall–Kier alpha value is -2.18. The van der Waals surface area contributed by atoms with Gasteiger partial charge in [-0.25, -0.2) is 0 Å². The Bertz CT molecular complexity index is 988. The normalized spacial score (nSPS) is 13.7. The molecule has 3 unspecified atom stereocenters. The van der Waals surface area contributed by atoms with Crippen molar-refractivity contribution >= 4 is 11.9 Å². The van der Waals surface area contributed by atoms with E-state index in [0.29, 0.717) is 19.3 Å². The average Bonchev–Trinajstić information content (AvgIpc) is 3.20. The number of allylic oxidation sites excluding steroid dienone is 8. The van der Waals surface area contributed by atoms with Crippen molar-refractivity contribution < 1.29 is 24.5 Å². The van der Waals surface area contributed by atoms with Crippen molar-refractivity contribution in [2.45, 2.75) is 257 Å². The van der Waals surface area contributed by atoms with Crippen LogP contribution in [0.15, 0.2) is 48.6 Å². The monoisotopic (exact) mass is 800 g/mol. The van der Waals surface area contributed by atoms with Crippen LogP contribution in [0.1, 0.15) is 239 Å². The molecule has 0 saturated heterocycles. The lowest BCUT2D eigenvalue weighted by atomic mass is 10.0. The van der Waals surface area contributed by atoms with E-state index in [2.05, 4.69) is 74.7 Å². The summed E-state index contributed by atoms with van der Waals surface area (Å²) in [5, 5.41) is 23.7. The first-order valence-corrected chi connectivity index (χ1v) is 24.4. The van der Waals surface area contributed by atoms with Crippen molar-refractivity contribution in [1.82, 2.24) is 5.32 Å². The van der Waals surface area contributed by atoms with Crippen LogP contribution < -0.4 is 5.32 Å². The molecule has 0 aliphatic rings. The number of hydrogen-bond donors (Lipinski definition) is 3. The molecular formula is C51H93NO5. The number of carbonyl (C=O) groups is 2. The Labute approximate surface area is 353 Å². The number of aliphatic hydroxyl groups excluding tert-OH is 2. The third-order valence-electron chi connectivity index (χ3n) is 10.9. The molecule has 0 aromatic heterocycles. The fourth-order valence-corrected chi connectivity index (χ4v) is 7.25. The molecule has 3 atom stereocenters. The molecule has 0 aromatic rings. The summed E-state index contributed by atoms with van der Waals surface area (Å²) in [4.78, 5) is 26.0. The molecule has 332 valence electrons. The molecule has 3 N–H and O–H groups in total. The minimum absolute atomic E-state index is 0.0416. The van der Waals surface area contributed by atoms with Crippen LogP contribution in [0.3, 0.4) is 0 Å². The summed E-state index contributed by atoms with van der Waals surface area (Å²) >= 11 is 0. The second kappa shape index (κ2) is 44.9. The quantitative estimate of drug-likeness (QED) is 0.0324. The first kappa shape index (κ1) is 54.8. The summed E-state index contributed by atoms with van der Waals surface area (Å²) in [7, 11) is 0. The summed E-state index contributed by atoms with van der Waals surface area (Å²) in [6, 6.07) is -0.716. The van der Waals surface area contributed by atoms with Crippen molar-refractivity contribution in [3.63, 3.8) is 0 Å². The molecule has 1 amide bonds. The van der Waals surface area contributed by atoms with E-state index < -0.39 is 18.2 Å². The standard InChI is InChI=1S/C51H93NO5/c1-4-7-10-13-16-19-21-23-25-27-29-32-34-37-40-43-49(54)48(46-53)52-50(55)45-47(57-51(56)44-41-38-35-30-18-15-12-9-6-3)42-39-36-33-31-28-26-24-22-20-17-14-11-8-5-2/h8,11,17,20,24,26,31,33,47-49,53-54H,4-7,9-10,12-16,18-19,21-23,25,27-30,32,34-46H2,1-3H3,(H,52,55)/b11-8+,20-17+,26-24+,33-31+. The van der Waals surface area contributed by atoms with E-state index in [4.69, 9.17) is 4.74 Å². The summed E-state index contributed by atoms with van der Waals surface area (Å²) < 4.78 is 5.87. The van der Waals surface area contributed by atoms with Gasteiger partial charge in [0.25, 0.3) is 0 Å². The number of ether oxygens (including phenoxy) is 1. The smallest absolute Gasteiger partial charge is 0.306 e. The highest BCUT2D eigenvalue weighted by atomic mass is 16.5. The van der Waals surface area contributed by atoms with E-state index in [1.54, 1.807) is 0 Å². The summed E-state index contributed by atoms with van der Waals surface area (Å²) in [6.07, 6.45) is 53.2. The predicted octanol–water partition coefficient (Wildman–Crippen LogP) is 14.3. The largest absolute Gasteiger partial charge is 0.462 e. The molecular weight excluding hydrogens is 707 g/mol. The van der Waals surface area contributed by atoms with Gasteiger partial charge in [-0.05, 0) is 57.8 Å². The number of nitrogens with one attached hydrogen (secondary N) is 1. The number of aliphatic hydroxyl groups is 2. The lowest BCUT2D eigenvalue weighted by Gasteiger charge is -2.24. The van der Waals surface area contributed by atoms with Gasteiger partial charge < -0.3 is 20.3 Å². The van der Waals surface area contributed by atoms with E-state index in [0.717, 1.165) is 77.0 Å². The first-order chi connectivity index (χ1) is 28.0. The van der Waals surface area contributed by atoms with Crippen molar-refractivity contribution in [3.8, 4) is 0 Å². The highest BCUT2D eigenvalue weighted by Crippen LogP contribution is 2.17. The van der Waals surface area contributed by atoms with Crippen LogP contribution in [0.25, 0.3) is 0 Å². The SMILES string of the molecule is CC/C=C/C/C=C/C/C=C/C/C=C/CCCC(CC(=O)NC(CO)C(O)CCCCCCCCCCCCCCCCC)OC(=O)CCCCCCCCCCC. The van der Waals surface area contributed by atoms with Crippen LogP contribution in [0.5, 0.6) is 0 Å². The molecule has 0 rings (SSSR count). The number of amides is 1. The zero-order valence-corrected chi connectivity index (χ0v) is 37.7. The Kier molecular flexibility index (Phi) is 43.2. The molecule has 6 heteroatoms. The molecule has 0 radical (unpaired) electrons. The second-order valence-corrected chi connectivity index (χ2v) is 16.5. The number of rotatable bonds is 43. The zero-order valence-electron chi connectivity index (χ0n) is 37.7. The Balaban J connectivity index is 4.60. The molecule has 0 aliphatic carbocycles. The third kappa shape index (κ3) is 40.4. The highest BCUT2D eigenvalue weighted by Gasteiger charge is 2.24. The van der Waals surface area contributed by atoms with Crippen LogP contribution in [-0.4, -0.2) is 46.9 Å². The number of carbonyl (C=O) groups excluding carboxylic acids is 2. The van der Waals surface area contributed by atoms with Crippen LogP contribution in [0, 0.1) is 0 Å². The van der Waals surface area contributed by atoms with E-state index in [9.17, 15) is 19.8 Å². The van der Waals surface area contributed by atoms with Gasteiger partial charge in [-0.2, -0.15) is 0 Å². The molecule has 0 saturated carbocycles. The maximum Gasteiger partial charge on any atom is 0.306 e.